The van der Waals surface area contributed by atoms with E-state index < -0.39 is 11.7 Å². The standard InChI is InChI=1S/C15H13F3O2/c1-10-8-12(7-6-11(10)9-19)20-14-5-3-2-4-13(14)15(16,17)18/h2-8,19H,9H2,1H3. The molecule has 0 aromatic heterocycles. The highest BCUT2D eigenvalue weighted by Crippen LogP contribution is 2.38. The molecule has 106 valence electrons. The molecule has 0 radical (unpaired) electrons. The van der Waals surface area contributed by atoms with Gasteiger partial charge in [-0.3, -0.25) is 0 Å². The van der Waals surface area contributed by atoms with Gasteiger partial charge in [0.05, 0.1) is 12.2 Å². The fourth-order valence-corrected chi connectivity index (χ4v) is 1.83. The topological polar surface area (TPSA) is 29.5 Å². The van der Waals surface area contributed by atoms with Crippen LogP contribution in [0.1, 0.15) is 16.7 Å². The smallest absolute Gasteiger partial charge is 0.419 e. The van der Waals surface area contributed by atoms with Crippen molar-refractivity contribution in [2.24, 2.45) is 0 Å². The van der Waals surface area contributed by atoms with Crippen LogP contribution >= 0.6 is 0 Å². The van der Waals surface area contributed by atoms with Gasteiger partial charge in [0.2, 0.25) is 0 Å². The molecule has 0 spiro atoms. The lowest BCUT2D eigenvalue weighted by Crippen LogP contribution is -2.06. The SMILES string of the molecule is Cc1cc(Oc2ccccc2C(F)(F)F)ccc1CO. The van der Waals surface area contributed by atoms with Crippen LogP contribution in [0.2, 0.25) is 0 Å². The van der Waals surface area contributed by atoms with Gasteiger partial charge in [-0.1, -0.05) is 18.2 Å². The summed E-state index contributed by atoms with van der Waals surface area (Å²) in [4.78, 5) is 0. The molecule has 2 aromatic carbocycles. The summed E-state index contributed by atoms with van der Waals surface area (Å²) in [6, 6.07) is 9.81. The number of aryl methyl sites for hydroxylation is 1. The van der Waals surface area contributed by atoms with Crippen LogP contribution in [0.15, 0.2) is 42.5 Å². The number of ether oxygens (including phenoxy) is 1. The zero-order valence-corrected chi connectivity index (χ0v) is 10.7. The Kier molecular flexibility index (Phi) is 3.99. The highest BCUT2D eigenvalue weighted by molar-refractivity contribution is 5.41. The lowest BCUT2D eigenvalue weighted by atomic mass is 10.1. The average molecular weight is 282 g/mol. The second-order valence-electron chi connectivity index (χ2n) is 4.34. The number of hydrogen-bond donors (Lipinski definition) is 1. The van der Waals surface area contributed by atoms with E-state index in [1.165, 1.54) is 24.3 Å². The van der Waals surface area contributed by atoms with E-state index in [1.54, 1.807) is 19.1 Å². The Bertz CT molecular complexity index is 606. The van der Waals surface area contributed by atoms with Crippen LogP contribution in [0, 0.1) is 6.92 Å². The monoisotopic (exact) mass is 282 g/mol. The number of rotatable bonds is 3. The fraction of sp³-hybridized carbons (Fsp3) is 0.200. The normalized spacial score (nSPS) is 11.4. The predicted molar refractivity (Wildman–Crippen MR) is 68.6 cm³/mol. The minimum absolute atomic E-state index is 0.120. The Balaban J connectivity index is 2.33. The second kappa shape index (κ2) is 5.54. The molecule has 2 nitrogen and oxygen atoms in total. The van der Waals surface area contributed by atoms with Crippen molar-refractivity contribution in [1.29, 1.82) is 0 Å². The lowest BCUT2D eigenvalue weighted by Gasteiger charge is -2.14. The van der Waals surface area contributed by atoms with Gasteiger partial charge >= 0.3 is 6.18 Å². The molecule has 0 heterocycles. The molecule has 0 saturated carbocycles. The molecule has 5 heteroatoms. The Labute approximate surface area is 114 Å². The molecular weight excluding hydrogens is 269 g/mol. The largest absolute Gasteiger partial charge is 0.457 e. The van der Waals surface area contributed by atoms with Crippen molar-refractivity contribution in [3.8, 4) is 11.5 Å². The molecule has 0 aliphatic heterocycles. The fourth-order valence-electron chi connectivity index (χ4n) is 1.83. The zero-order valence-electron chi connectivity index (χ0n) is 10.7. The Morgan fingerprint density at radius 2 is 1.80 bits per heavy atom. The number of benzene rings is 2. The molecule has 1 N–H and O–H groups in total. The van der Waals surface area contributed by atoms with Gasteiger partial charge in [0.1, 0.15) is 11.5 Å². The van der Waals surface area contributed by atoms with Crippen LogP contribution in [0.5, 0.6) is 11.5 Å². The van der Waals surface area contributed by atoms with Gasteiger partial charge in [0.15, 0.2) is 0 Å². The molecule has 2 rings (SSSR count). The highest BCUT2D eigenvalue weighted by Gasteiger charge is 2.34. The summed E-state index contributed by atoms with van der Waals surface area (Å²) in [5.74, 6) is 0.0625. The number of alkyl halides is 3. The van der Waals surface area contributed by atoms with Gasteiger partial charge in [-0.05, 0) is 42.3 Å². The van der Waals surface area contributed by atoms with Gasteiger partial charge < -0.3 is 9.84 Å². The molecule has 0 bridgehead atoms. The molecule has 2 aromatic rings. The van der Waals surface area contributed by atoms with E-state index in [0.717, 1.165) is 11.6 Å². The zero-order chi connectivity index (χ0) is 14.8. The Morgan fingerprint density at radius 1 is 1.10 bits per heavy atom. The third kappa shape index (κ3) is 3.11. The summed E-state index contributed by atoms with van der Waals surface area (Å²) in [7, 11) is 0. The first-order chi connectivity index (χ1) is 9.41. The molecular formula is C15H13F3O2. The van der Waals surface area contributed by atoms with Crippen molar-refractivity contribution in [3.63, 3.8) is 0 Å². The number of halogens is 3. The molecule has 0 aliphatic carbocycles. The van der Waals surface area contributed by atoms with Gasteiger partial charge in [-0.2, -0.15) is 13.2 Å². The summed E-state index contributed by atoms with van der Waals surface area (Å²) < 4.78 is 43.8. The summed E-state index contributed by atoms with van der Waals surface area (Å²) in [5, 5.41) is 9.06. The van der Waals surface area contributed by atoms with Crippen molar-refractivity contribution < 1.29 is 23.0 Å². The van der Waals surface area contributed by atoms with Crippen molar-refractivity contribution in [2.75, 3.05) is 0 Å². The van der Waals surface area contributed by atoms with Crippen LogP contribution in [0.3, 0.4) is 0 Å². The van der Waals surface area contributed by atoms with Gasteiger partial charge in [0, 0.05) is 0 Å². The number of aliphatic hydroxyl groups excluding tert-OH is 1. The van der Waals surface area contributed by atoms with Gasteiger partial charge in [0.25, 0.3) is 0 Å². The lowest BCUT2D eigenvalue weighted by molar-refractivity contribution is -0.138. The number of para-hydroxylation sites is 1. The molecule has 0 aliphatic rings. The minimum atomic E-state index is -4.46. The molecule has 0 saturated heterocycles. The molecule has 20 heavy (non-hydrogen) atoms. The Hall–Kier alpha value is -2.01. The van der Waals surface area contributed by atoms with E-state index in [0.29, 0.717) is 11.3 Å². The maximum absolute atomic E-state index is 12.8. The molecule has 0 unspecified atom stereocenters. The first-order valence-electron chi connectivity index (χ1n) is 5.96. The number of aliphatic hydroxyl groups is 1. The van der Waals surface area contributed by atoms with Crippen molar-refractivity contribution in [2.45, 2.75) is 19.7 Å². The quantitative estimate of drug-likeness (QED) is 0.909. The summed E-state index contributed by atoms with van der Waals surface area (Å²) in [5.41, 5.74) is 0.653. The summed E-state index contributed by atoms with van der Waals surface area (Å²) in [6.45, 7) is 1.64. The van der Waals surface area contributed by atoms with Crippen LogP contribution in [-0.4, -0.2) is 5.11 Å². The van der Waals surface area contributed by atoms with Gasteiger partial charge in [-0.25, -0.2) is 0 Å². The van der Waals surface area contributed by atoms with Crippen LogP contribution < -0.4 is 4.74 Å². The first-order valence-corrected chi connectivity index (χ1v) is 5.96. The van der Waals surface area contributed by atoms with E-state index >= 15 is 0 Å². The molecule has 0 fully saturated rings. The number of hydrogen-bond acceptors (Lipinski definition) is 2. The van der Waals surface area contributed by atoms with E-state index in [4.69, 9.17) is 9.84 Å². The van der Waals surface area contributed by atoms with E-state index in [2.05, 4.69) is 0 Å². The summed E-state index contributed by atoms with van der Waals surface area (Å²) in [6.07, 6.45) is -4.46. The maximum atomic E-state index is 12.8. The predicted octanol–water partition coefficient (Wildman–Crippen LogP) is 4.30. The van der Waals surface area contributed by atoms with Crippen LogP contribution in [0.25, 0.3) is 0 Å². The van der Waals surface area contributed by atoms with Crippen LogP contribution in [0.4, 0.5) is 13.2 Å². The molecule has 0 atom stereocenters. The third-order valence-corrected chi connectivity index (χ3v) is 2.90. The maximum Gasteiger partial charge on any atom is 0.419 e. The van der Waals surface area contributed by atoms with Crippen LogP contribution in [-0.2, 0) is 12.8 Å². The van der Waals surface area contributed by atoms with E-state index in [-0.39, 0.29) is 12.4 Å². The van der Waals surface area contributed by atoms with Crippen molar-refractivity contribution >= 4 is 0 Å². The van der Waals surface area contributed by atoms with Crippen molar-refractivity contribution in [3.05, 3.63) is 59.2 Å². The third-order valence-electron chi connectivity index (χ3n) is 2.90. The molecule has 0 amide bonds. The van der Waals surface area contributed by atoms with E-state index in [1.807, 2.05) is 0 Å². The van der Waals surface area contributed by atoms with Gasteiger partial charge in [-0.15, -0.1) is 0 Å². The minimum Gasteiger partial charge on any atom is -0.457 e. The average Bonchev–Trinajstić information content (AvgIpc) is 2.38. The second-order valence-corrected chi connectivity index (χ2v) is 4.34. The highest BCUT2D eigenvalue weighted by atomic mass is 19.4. The Morgan fingerprint density at radius 3 is 2.40 bits per heavy atom. The van der Waals surface area contributed by atoms with Crippen molar-refractivity contribution in [1.82, 2.24) is 0 Å². The first kappa shape index (κ1) is 14.4. The summed E-state index contributed by atoms with van der Waals surface area (Å²) >= 11 is 0. The van der Waals surface area contributed by atoms with E-state index in [9.17, 15) is 13.2 Å².